The molecule has 0 saturated heterocycles. The second-order valence-electron chi connectivity index (χ2n) is 4.60. The van der Waals surface area contributed by atoms with Crippen molar-refractivity contribution in [3.05, 3.63) is 34.8 Å². The molecule has 0 unspecified atom stereocenters. The van der Waals surface area contributed by atoms with Gasteiger partial charge in [-0.1, -0.05) is 0 Å². The molecular formula is C12H14N2O4S3. The van der Waals surface area contributed by atoms with E-state index >= 15 is 0 Å². The molecular weight excluding hydrogens is 332 g/mol. The van der Waals surface area contributed by atoms with Crippen molar-refractivity contribution in [3.8, 4) is 0 Å². The van der Waals surface area contributed by atoms with Crippen LogP contribution in [-0.2, 0) is 19.9 Å². The maximum atomic E-state index is 12.4. The zero-order chi connectivity index (χ0) is 15.8. The average molecular weight is 346 g/mol. The van der Waals surface area contributed by atoms with Crippen LogP contribution >= 0.6 is 11.3 Å². The van der Waals surface area contributed by atoms with Gasteiger partial charge in [0.15, 0.2) is 15.0 Å². The van der Waals surface area contributed by atoms with Crippen molar-refractivity contribution in [1.29, 1.82) is 0 Å². The van der Waals surface area contributed by atoms with E-state index in [1.54, 1.807) is 12.3 Å². The van der Waals surface area contributed by atoms with Crippen LogP contribution < -0.4 is 4.72 Å². The fraction of sp³-hybridized carbons (Fsp3) is 0.250. The van der Waals surface area contributed by atoms with Crippen LogP contribution in [0.3, 0.4) is 0 Å². The molecule has 9 heteroatoms. The largest absolute Gasteiger partial charge is 0.263 e. The number of aromatic nitrogens is 1. The van der Waals surface area contributed by atoms with E-state index in [0.29, 0.717) is 5.56 Å². The Morgan fingerprint density at radius 2 is 1.71 bits per heavy atom. The summed E-state index contributed by atoms with van der Waals surface area (Å²) >= 11 is 1.14. The van der Waals surface area contributed by atoms with Crippen molar-refractivity contribution in [2.75, 3.05) is 11.0 Å². The molecule has 21 heavy (non-hydrogen) atoms. The highest BCUT2D eigenvalue weighted by atomic mass is 32.2. The number of anilines is 1. The molecule has 0 spiro atoms. The van der Waals surface area contributed by atoms with Crippen LogP contribution in [0.2, 0.25) is 0 Å². The molecule has 2 aromatic rings. The molecule has 0 radical (unpaired) electrons. The predicted octanol–water partition coefficient (Wildman–Crippen LogP) is 1.96. The number of sulfone groups is 1. The lowest BCUT2D eigenvalue weighted by Gasteiger charge is -2.12. The van der Waals surface area contributed by atoms with E-state index in [2.05, 4.69) is 9.71 Å². The Balaban J connectivity index is 2.61. The summed E-state index contributed by atoms with van der Waals surface area (Å²) in [7, 11) is -7.39. The Morgan fingerprint density at radius 1 is 1.10 bits per heavy atom. The van der Waals surface area contributed by atoms with Gasteiger partial charge in [-0.2, -0.15) is 0 Å². The van der Waals surface area contributed by atoms with Crippen molar-refractivity contribution in [2.45, 2.75) is 23.6 Å². The lowest BCUT2D eigenvalue weighted by Crippen LogP contribution is -2.16. The minimum absolute atomic E-state index is 0.0158. The highest BCUT2D eigenvalue weighted by Gasteiger charge is 2.23. The van der Waals surface area contributed by atoms with Gasteiger partial charge in [-0.05, 0) is 37.1 Å². The van der Waals surface area contributed by atoms with Crippen LogP contribution in [0, 0.1) is 13.8 Å². The number of hydrogen-bond donors (Lipinski definition) is 1. The number of aryl methyl sites for hydroxylation is 1. The van der Waals surface area contributed by atoms with Crippen LogP contribution in [0.25, 0.3) is 0 Å². The summed E-state index contributed by atoms with van der Waals surface area (Å²) < 4.78 is 50.7. The summed E-state index contributed by atoms with van der Waals surface area (Å²) in [6, 6.07) is 2.91. The van der Waals surface area contributed by atoms with Gasteiger partial charge in [-0.25, -0.2) is 21.8 Å². The molecule has 114 valence electrons. The smallest absolute Gasteiger partial charge is 0.255 e. The molecule has 0 fully saturated rings. The van der Waals surface area contributed by atoms with Gasteiger partial charge in [0.1, 0.15) is 0 Å². The zero-order valence-electron chi connectivity index (χ0n) is 11.6. The summed E-state index contributed by atoms with van der Waals surface area (Å²) in [6.45, 7) is 3.13. The summed E-state index contributed by atoms with van der Waals surface area (Å²) in [5, 5.41) is 1.87. The second-order valence-corrected chi connectivity index (χ2v) is 9.13. The fourth-order valence-corrected chi connectivity index (χ4v) is 5.17. The van der Waals surface area contributed by atoms with Gasteiger partial charge >= 0.3 is 0 Å². The van der Waals surface area contributed by atoms with Crippen molar-refractivity contribution < 1.29 is 16.8 Å². The fourth-order valence-electron chi connectivity index (χ4n) is 1.90. The maximum absolute atomic E-state index is 12.4. The van der Waals surface area contributed by atoms with Gasteiger partial charge in [0.2, 0.25) is 0 Å². The van der Waals surface area contributed by atoms with Crippen molar-refractivity contribution >= 4 is 36.3 Å². The van der Waals surface area contributed by atoms with Crippen LogP contribution in [0.5, 0.6) is 0 Å². The third-order valence-corrected chi connectivity index (χ3v) is 6.31. The Labute approximate surface area is 127 Å². The van der Waals surface area contributed by atoms with Gasteiger partial charge in [-0.15, -0.1) is 11.3 Å². The lowest BCUT2D eigenvalue weighted by atomic mass is 10.2. The van der Waals surface area contributed by atoms with Gasteiger partial charge in [0.25, 0.3) is 10.0 Å². The maximum Gasteiger partial charge on any atom is 0.263 e. The Morgan fingerprint density at radius 3 is 2.24 bits per heavy atom. The standard InChI is InChI=1S/C12H14N2O4S3/c1-8-6-10(20(3,15)16)9(2)11(7-8)21(17,18)14-12-13-4-5-19-12/h4-7H,1-3H3,(H,13,14). The number of thiazole rings is 1. The van der Waals surface area contributed by atoms with E-state index in [-0.39, 0.29) is 20.5 Å². The van der Waals surface area contributed by atoms with Crippen molar-refractivity contribution in [3.63, 3.8) is 0 Å². The first-order valence-electron chi connectivity index (χ1n) is 5.85. The van der Waals surface area contributed by atoms with Crippen LogP contribution in [0.4, 0.5) is 5.13 Å². The van der Waals surface area contributed by atoms with E-state index < -0.39 is 19.9 Å². The molecule has 0 aliphatic carbocycles. The lowest BCUT2D eigenvalue weighted by molar-refractivity contribution is 0.598. The number of nitrogens with one attached hydrogen (secondary N) is 1. The third-order valence-electron chi connectivity index (χ3n) is 2.80. The first kappa shape index (κ1) is 15.9. The molecule has 0 amide bonds. The number of sulfonamides is 1. The third kappa shape index (κ3) is 3.42. The van der Waals surface area contributed by atoms with E-state index in [1.807, 2.05) is 0 Å². The Bertz CT molecular complexity index is 869. The summed E-state index contributed by atoms with van der Waals surface area (Å²) in [5.41, 5.74) is 0.757. The molecule has 1 aromatic heterocycles. The first-order valence-corrected chi connectivity index (χ1v) is 10.1. The molecule has 0 bridgehead atoms. The van der Waals surface area contributed by atoms with Gasteiger partial charge in [0, 0.05) is 17.8 Å². The van der Waals surface area contributed by atoms with E-state index in [4.69, 9.17) is 0 Å². The van der Waals surface area contributed by atoms with E-state index in [9.17, 15) is 16.8 Å². The molecule has 1 heterocycles. The quantitative estimate of drug-likeness (QED) is 0.913. The number of rotatable bonds is 4. The molecule has 0 atom stereocenters. The van der Waals surface area contributed by atoms with Gasteiger partial charge in [0.05, 0.1) is 9.79 Å². The molecule has 0 aliphatic heterocycles. The van der Waals surface area contributed by atoms with Crippen molar-refractivity contribution in [1.82, 2.24) is 4.98 Å². The van der Waals surface area contributed by atoms with E-state index in [0.717, 1.165) is 17.6 Å². The van der Waals surface area contributed by atoms with Crippen LogP contribution in [-0.4, -0.2) is 28.1 Å². The molecule has 0 aliphatic rings. The van der Waals surface area contributed by atoms with Gasteiger partial charge in [-0.3, -0.25) is 4.72 Å². The van der Waals surface area contributed by atoms with Gasteiger partial charge < -0.3 is 0 Å². The normalized spacial score (nSPS) is 12.3. The second kappa shape index (κ2) is 5.39. The number of nitrogens with zero attached hydrogens (tertiary/aromatic N) is 1. The summed E-state index contributed by atoms with van der Waals surface area (Å²) in [4.78, 5) is 3.82. The first-order chi connectivity index (χ1) is 9.61. The topological polar surface area (TPSA) is 93.2 Å². The SMILES string of the molecule is Cc1cc(S(C)(=O)=O)c(C)c(S(=O)(=O)Nc2nccs2)c1. The van der Waals surface area contributed by atoms with Crippen LogP contribution in [0.1, 0.15) is 11.1 Å². The monoisotopic (exact) mass is 346 g/mol. The highest BCUT2D eigenvalue weighted by molar-refractivity contribution is 7.93. The minimum Gasteiger partial charge on any atom is -0.255 e. The Kier molecular flexibility index (Phi) is 4.09. The highest BCUT2D eigenvalue weighted by Crippen LogP contribution is 2.27. The molecule has 1 N–H and O–H groups in total. The molecule has 6 nitrogen and oxygen atoms in total. The average Bonchev–Trinajstić information content (AvgIpc) is 2.82. The van der Waals surface area contributed by atoms with Crippen LogP contribution in [0.15, 0.2) is 33.5 Å². The number of benzene rings is 1. The summed E-state index contributed by atoms with van der Waals surface area (Å²) in [6.07, 6.45) is 2.53. The van der Waals surface area contributed by atoms with E-state index in [1.165, 1.54) is 25.3 Å². The molecule has 1 aromatic carbocycles. The number of hydrogen-bond acceptors (Lipinski definition) is 6. The summed E-state index contributed by atoms with van der Waals surface area (Å²) in [5.74, 6) is 0. The molecule has 2 rings (SSSR count). The Hall–Kier alpha value is -1.45. The van der Waals surface area contributed by atoms with Crippen molar-refractivity contribution in [2.24, 2.45) is 0 Å². The minimum atomic E-state index is -3.89. The zero-order valence-corrected chi connectivity index (χ0v) is 14.1. The predicted molar refractivity (Wildman–Crippen MR) is 81.9 cm³/mol. The molecule has 0 saturated carbocycles.